The Bertz CT molecular complexity index is 957. The van der Waals surface area contributed by atoms with Gasteiger partial charge in [-0.3, -0.25) is 9.59 Å². The van der Waals surface area contributed by atoms with Gasteiger partial charge in [0.1, 0.15) is 0 Å². The molecule has 0 unspecified atom stereocenters. The van der Waals surface area contributed by atoms with E-state index < -0.39 is 0 Å². The lowest BCUT2D eigenvalue weighted by molar-refractivity contribution is -0.128. The fourth-order valence-electron chi connectivity index (χ4n) is 4.32. The molecule has 0 aromatic carbocycles. The Morgan fingerprint density at radius 2 is 1.56 bits per heavy atom. The first kappa shape index (κ1) is 22.3. The molecule has 2 aliphatic heterocycles. The van der Waals surface area contributed by atoms with Crippen molar-refractivity contribution in [3.63, 3.8) is 0 Å². The Hall–Kier alpha value is -2.91. The zero-order chi connectivity index (χ0) is 22.5. The molecule has 174 valence electrons. The average Bonchev–Trinajstić information content (AvgIpc) is 3.49. The third-order valence-corrected chi connectivity index (χ3v) is 6.11. The van der Waals surface area contributed by atoms with E-state index >= 15 is 0 Å². The standard InChI is InChI=1S/C22H34N8O2/c1-16(2)30-15-25-19-20(23-9-5-13-28-11-3-7-17(28)31)26-22(27-21(19)30)24-10-6-14-29-12-4-8-18(29)32/h15-16H,3-14H2,1-2H3,(H2,23,24,26,27). The normalized spacial score (nSPS) is 16.7. The highest BCUT2D eigenvalue weighted by molar-refractivity contribution is 5.84. The van der Waals surface area contributed by atoms with Crippen molar-refractivity contribution in [1.82, 2.24) is 29.3 Å². The highest BCUT2D eigenvalue weighted by Gasteiger charge is 2.20. The Balaban J connectivity index is 1.38. The van der Waals surface area contributed by atoms with Crippen LogP contribution in [0.3, 0.4) is 0 Å². The molecule has 2 amide bonds. The van der Waals surface area contributed by atoms with Gasteiger partial charge in [-0.05, 0) is 39.5 Å². The van der Waals surface area contributed by atoms with Crippen molar-refractivity contribution in [2.45, 2.75) is 58.4 Å². The number of hydrogen-bond donors (Lipinski definition) is 2. The van der Waals surface area contributed by atoms with E-state index in [9.17, 15) is 9.59 Å². The van der Waals surface area contributed by atoms with Crippen molar-refractivity contribution in [3.8, 4) is 0 Å². The molecule has 2 aromatic heterocycles. The number of nitrogens with one attached hydrogen (secondary N) is 2. The molecule has 32 heavy (non-hydrogen) atoms. The maximum atomic E-state index is 11.8. The second kappa shape index (κ2) is 10.1. The van der Waals surface area contributed by atoms with Crippen LogP contribution in [-0.2, 0) is 9.59 Å². The first-order valence-electron chi connectivity index (χ1n) is 11.8. The van der Waals surface area contributed by atoms with Crippen LogP contribution in [0.25, 0.3) is 11.2 Å². The minimum atomic E-state index is 0.234. The van der Waals surface area contributed by atoms with Crippen molar-refractivity contribution in [3.05, 3.63) is 6.33 Å². The highest BCUT2D eigenvalue weighted by Crippen LogP contribution is 2.23. The molecule has 2 fully saturated rings. The zero-order valence-corrected chi connectivity index (χ0v) is 19.1. The fraction of sp³-hybridized carbons (Fsp3) is 0.682. The van der Waals surface area contributed by atoms with Crippen LogP contribution in [0.2, 0.25) is 0 Å². The van der Waals surface area contributed by atoms with Gasteiger partial charge in [-0.1, -0.05) is 0 Å². The number of rotatable bonds is 11. The van der Waals surface area contributed by atoms with Gasteiger partial charge in [-0.15, -0.1) is 0 Å². The fourth-order valence-corrected chi connectivity index (χ4v) is 4.32. The highest BCUT2D eigenvalue weighted by atomic mass is 16.2. The smallest absolute Gasteiger partial charge is 0.226 e. The molecule has 0 radical (unpaired) electrons. The Morgan fingerprint density at radius 1 is 0.938 bits per heavy atom. The molecule has 0 saturated carbocycles. The van der Waals surface area contributed by atoms with E-state index in [1.165, 1.54) is 0 Å². The number of carbonyl (C=O) groups excluding carboxylic acids is 2. The third kappa shape index (κ3) is 5.11. The van der Waals surface area contributed by atoms with Crippen LogP contribution < -0.4 is 10.6 Å². The minimum Gasteiger partial charge on any atom is -0.368 e. The summed E-state index contributed by atoms with van der Waals surface area (Å²) in [5.41, 5.74) is 1.55. The number of imidazole rings is 1. The van der Waals surface area contributed by atoms with Gasteiger partial charge in [0.05, 0.1) is 6.33 Å². The average molecular weight is 443 g/mol. The first-order chi connectivity index (χ1) is 15.5. The first-order valence-corrected chi connectivity index (χ1v) is 11.8. The van der Waals surface area contributed by atoms with Gasteiger partial charge in [0.15, 0.2) is 17.0 Å². The second-order valence-electron chi connectivity index (χ2n) is 8.84. The maximum absolute atomic E-state index is 11.8. The third-order valence-electron chi connectivity index (χ3n) is 6.11. The number of nitrogens with zero attached hydrogens (tertiary/aromatic N) is 6. The van der Waals surface area contributed by atoms with E-state index in [1.54, 1.807) is 6.33 Å². The van der Waals surface area contributed by atoms with Gasteiger partial charge < -0.3 is 25.0 Å². The van der Waals surface area contributed by atoms with E-state index in [0.717, 1.165) is 63.0 Å². The molecule has 2 aliphatic rings. The number of carbonyl (C=O) groups is 2. The van der Waals surface area contributed by atoms with E-state index in [1.807, 2.05) is 14.4 Å². The molecule has 0 atom stereocenters. The lowest BCUT2D eigenvalue weighted by Crippen LogP contribution is -2.27. The summed E-state index contributed by atoms with van der Waals surface area (Å²) in [6, 6.07) is 0.234. The Kier molecular flexibility index (Phi) is 7.06. The lowest BCUT2D eigenvalue weighted by Gasteiger charge is -2.16. The summed E-state index contributed by atoms with van der Waals surface area (Å²) in [5.74, 6) is 1.78. The topological polar surface area (TPSA) is 108 Å². The monoisotopic (exact) mass is 442 g/mol. The predicted molar refractivity (Wildman–Crippen MR) is 124 cm³/mol. The summed E-state index contributed by atoms with van der Waals surface area (Å²) < 4.78 is 2.04. The number of hydrogen-bond acceptors (Lipinski definition) is 7. The second-order valence-corrected chi connectivity index (χ2v) is 8.84. The zero-order valence-electron chi connectivity index (χ0n) is 19.1. The molecule has 0 aliphatic carbocycles. The maximum Gasteiger partial charge on any atom is 0.226 e. The summed E-state index contributed by atoms with van der Waals surface area (Å²) in [7, 11) is 0. The van der Waals surface area contributed by atoms with Crippen molar-refractivity contribution in [2.75, 3.05) is 49.9 Å². The molecule has 10 heteroatoms. The van der Waals surface area contributed by atoms with E-state index in [4.69, 9.17) is 4.98 Å². The lowest BCUT2D eigenvalue weighted by atomic mass is 10.3. The summed E-state index contributed by atoms with van der Waals surface area (Å²) in [6.07, 6.45) is 6.79. The summed E-state index contributed by atoms with van der Waals surface area (Å²) >= 11 is 0. The number of amides is 2. The molecule has 0 spiro atoms. The van der Waals surface area contributed by atoms with Crippen molar-refractivity contribution in [1.29, 1.82) is 0 Å². The Labute approximate surface area is 188 Å². The Morgan fingerprint density at radius 3 is 2.12 bits per heavy atom. The van der Waals surface area contributed by atoms with Crippen LogP contribution in [0, 0.1) is 0 Å². The van der Waals surface area contributed by atoms with Gasteiger partial charge in [-0.2, -0.15) is 9.97 Å². The van der Waals surface area contributed by atoms with Gasteiger partial charge >= 0.3 is 0 Å². The van der Waals surface area contributed by atoms with Gasteiger partial charge in [0.25, 0.3) is 0 Å². The van der Waals surface area contributed by atoms with Crippen molar-refractivity contribution < 1.29 is 9.59 Å². The van der Waals surface area contributed by atoms with Crippen LogP contribution in [0.1, 0.15) is 58.4 Å². The molecule has 10 nitrogen and oxygen atoms in total. The van der Waals surface area contributed by atoms with Gasteiger partial charge in [-0.25, -0.2) is 4.98 Å². The van der Waals surface area contributed by atoms with E-state index in [2.05, 4.69) is 34.4 Å². The summed E-state index contributed by atoms with van der Waals surface area (Å²) in [4.78, 5) is 41.3. The number of likely N-dealkylation sites (tertiary alicyclic amines) is 2. The molecule has 4 heterocycles. The van der Waals surface area contributed by atoms with E-state index in [-0.39, 0.29) is 17.9 Å². The van der Waals surface area contributed by atoms with Crippen LogP contribution in [0.15, 0.2) is 6.33 Å². The molecule has 4 rings (SSSR count). The minimum absolute atomic E-state index is 0.234. The predicted octanol–water partition coefficient (Wildman–Crippen LogP) is 2.26. The van der Waals surface area contributed by atoms with Gasteiger partial charge in [0, 0.05) is 58.2 Å². The largest absolute Gasteiger partial charge is 0.368 e. The van der Waals surface area contributed by atoms with Crippen LogP contribution in [0.4, 0.5) is 11.8 Å². The molecular weight excluding hydrogens is 408 g/mol. The van der Waals surface area contributed by atoms with Crippen LogP contribution >= 0.6 is 0 Å². The summed E-state index contributed by atoms with van der Waals surface area (Å²) in [6.45, 7) is 8.87. The number of aromatic nitrogens is 4. The SMILES string of the molecule is CC(C)n1cnc2c(NCCCN3CCCC3=O)nc(NCCCN3CCCC3=O)nc21. The summed E-state index contributed by atoms with van der Waals surface area (Å²) in [5, 5.41) is 6.72. The molecule has 2 N–H and O–H groups in total. The molecule has 2 saturated heterocycles. The number of fused-ring (bicyclic) bond motifs is 1. The molecule has 0 bridgehead atoms. The van der Waals surface area contributed by atoms with Crippen LogP contribution in [0.5, 0.6) is 0 Å². The van der Waals surface area contributed by atoms with Crippen molar-refractivity contribution in [2.24, 2.45) is 0 Å². The quantitative estimate of drug-likeness (QED) is 0.514. The molecular formula is C22H34N8O2. The number of anilines is 2. The van der Waals surface area contributed by atoms with Gasteiger partial charge in [0.2, 0.25) is 17.8 Å². The molecule has 2 aromatic rings. The van der Waals surface area contributed by atoms with Crippen molar-refractivity contribution >= 4 is 34.7 Å². The van der Waals surface area contributed by atoms with Crippen LogP contribution in [-0.4, -0.2) is 80.4 Å². The van der Waals surface area contributed by atoms with E-state index in [0.29, 0.717) is 37.7 Å².